The van der Waals surface area contributed by atoms with E-state index in [1.165, 1.54) is 36.3 Å². The van der Waals surface area contributed by atoms with E-state index in [0.717, 1.165) is 13.1 Å². The number of hydrogen-bond donors (Lipinski definition) is 1. The Kier molecular flexibility index (Phi) is 4.10. The summed E-state index contributed by atoms with van der Waals surface area (Å²) in [4.78, 5) is 2.55. The first-order valence-electron chi connectivity index (χ1n) is 7.89. The lowest BCUT2D eigenvalue weighted by atomic mass is 9.93. The van der Waals surface area contributed by atoms with E-state index < -0.39 is 0 Å². The second-order valence-electron chi connectivity index (χ2n) is 6.40. The van der Waals surface area contributed by atoms with Gasteiger partial charge in [-0.2, -0.15) is 10.2 Å². The molecule has 0 bridgehead atoms. The van der Waals surface area contributed by atoms with E-state index in [1.807, 2.05) is 12.4 Å². The summed E-state index contributed by atoms with van der Waals surface area (Å²) < 4.78 is 2.13. The zero-order chi connectivity index (χ0) is 14.8. The molecule has 1 atom stereocenters. The topological polar surface area (TPSA) is 49.7 Å². The number of nitrogens with zero attached hydrogens (tertiary/aromatic N) is 4. The third-order valence-corrected chi connectivity index (χ3v) is 4.41. The van der Waals surface area contributed by atoms with Crippen LogP contribution in [0.25, 0.3) is 0 Å². The third-order valence-electron chi connectivity index (χ3n) is 4.41. The summed E-state index contributed by atoms with van der Waals surface area (Å²) in [5, 5.41) is 11.8. The monoisotopic (exact) mass is 287 g/mol. The number of nitrogens with one attached hydrogen (secondary N) is 1. The van der Waals surface area contributed by atoms with Crippen molar-refractivity contribution in [2.45, 2.75) is 52.1 Å². The van der Waals surface area contributed by atoms with Crippen LogP contribution in [0.3, 0.4) is 0 Å². The maximum absolute atomic E-state index is 4.44. The predicted octanol–water partition coefficient (Wildman–Crippen LogP) is 2.88. The molecule has 5 nitrogen and oxygen atoms in total. The fourth-order valence-electron chi connectivity index (χ4n) is 3.37. The molecular formula is C16H25N5. The molecule has 2 aromatic rings. The molecule has 0 aliphatic carbocycles. The second kappa shape index (κ2) is 6.02. The molecule has 0 amide bonds. The molecule has 0 spiro atoms. The van der Waals surface area contributed by atoms with Crippen molar-refractivity contribution in [3.05, 3.63) is 35.4 Å². The number of aryl methyl sites for hydroxylation is 1. The fraction of sp³-hybridized carbons (Fsp3) is 0.625. The molecular weight excluding hydrogens is 262 g/mol. The van der Waals surface area contributed by atoms with Gasteiger partial charge in [-0.05, 0) is 51.8 Å². The van der Waals surface area contributed by atoms with Gasteiger partial charge in [0.2, 0.25) is 0 Å². The van der Waals surface area contributed by atoms with E-state index in [4.69, 9.17) is 0 Å². The number of rotatable bonds is 4. The highest BCUT2D eigenvalue weighted by Crippen LogP contribution is 2.28. The Labute approximate surface area is 126 Å². The van der Waals surface area contributed by atoms with Crippen molar-refractivity contribution in [1.82, 2.24) is 24.9 Å². The highest BCUT2D eigenvalue weighted by Gasteiger charge is 2.24. The van der Waals surface area contributed by atoms with Crippen LogP contribution < -0.4 is 0 Å². The normalized spacial score (nSPS) is 20.3. The van der Waals surface area contributed by atoms with E-state index in [2.05, 4.69) is 51.7 Å². The van der Waals surface area contributed by atoms with Crippen molar-refractivity contribution < 1.29 is 0 Å². The highest BCUT2D eigenvalue weighted by atomic mass is 15.3. The van der Waals surface area contributed by atoms with Crippen LogP contribution in [0.5, 0.6) is 0 Å². The van der Waals surface area contributed by atoms with Crippen molar-refractivity contribution in [1.29, 1.82) is 0 Å². The first-order chi connectivity index (χ1) is 10.1. The Morgan fingerprint density at radius 1 is 1.43 bits per heavy atom. The minimum absolute atomic E-state index is 0.422. The lowest BCUT2D eigenvalue weighted by molar-refractivity contribution is 0.192. The van der Waals surface area contributed by atoms with Gasteiger partial charge >= 0.3 is 0 Å². The van der Waals surface area contributed by atoms with Gasteiger partial charge in [-0.3, -0.25) is 14.7 Å². The van der Waals surface area contributed by atoms with Gasteiger partial charge in [0.05, 0.1) is 11.9 Å². The quantitative estimate of drug-likeness (QED) is 0.940. The zero-order valence-corrected chi connectivity index (χ0v) is 13.2. The molecule has 3 heterocycles. The number of likely N-dealkylation sites (tertiary alicyclic amines) is 1. The standard InChI is InChI=1S/C16H25N5/c1-12(2)21-15(6-7-18-21)11-20-8-4-5-14(10-20)16-13(3)9-17-19-16/h6-7,9,12,14H,4-5,8,10-11H2,1-3H3,(H,17,19). The number of piperidine rings is 1. The van der Waals surface area contributed by atoms with E-state index in [9.17, 15) is 0 Å². The van der Waals surface area contributed by atoms with Gasteiger partial charge in [0.1, 0.15) is 0 Å². The van der Waals surface area contributed by atoms with Crippen LogP contribution in [0, 0.1) is 6.92 Å². The van der Waals surface area contributed by atoms with E-state index in [1.54, 1.807) is 0 Å². The maximum Gasteiger partial charge on any atom is 0.0527 e. The molecule has 21 heavy (non-hydrogen) atoms. The van der Waals surface area contributed by atoms with Crippen molar-refractivity contribution in [3.63, 3.8) is 0 Å². The Morgan fingerprint density at radius 3 is 3.00 bits per heavy atom. The van der Waals surface area contributed by atoms with Gasteiger partial charge in [-0.1, -0.05) is 0 Å². The van der Waals surface area contributed by atoms with Crippen LogP contribution in [0.15, 0.2) is 18.5 Å². The molecule has 1 aliphatic heterocycles. The second-order valence-corrected chi connectivity index (χ2v) is 6.40. The predicted molar refractivity (Wildman–Crippen MR) is 83.2 cm³/mol. The maximum atomic E-state index is 4.44. The zero-order valence-electron chi connectivity index (χ0n) is 13.2. The minimum Gasteiger partial charge on any atom is -0.297 e. The Balaban J connectivity index is 1.69. The van der Waals surface area contributed by atoms with Gasteiger partial charge in [0, 0.05) is 36.9 Å². The van der Waals surface area contributed by atoms with Crippen LogP contribution in [0.4, 0.5) is 0 Å². The molecule has 0 saturated carbocycles. The minimum atomic E-state index is 0.422. The van der Waals surface area contributed by atoms with Crippen LogP contribution >= 0.6 is 0 Å². The van der Waals surface area contributed by atoms with Crippen molar-refractivity contribution >= 4 is 0 Å². The van der Waals surface area contributed by atoms with E-state index in [0.29, 0.717) is 12.0 Å². The molecule has 0 radical (unpaired) electrons. The summed E-state index contributed by atoms with van der Waals surface area (Å²) in [5.74, 6) is 0.580. The highest BCUT2D eigenvalue weighted by molar-refractivity contribution is 5.19. The molecule has 5 heteroatoms. The average molecular weight is 287 g/mol. The van der Waals surface area contributed by atoms with Crippen LogP contribution in [0.1, 0.15) is 55.6 Å². The van der Waals surface area contributed by atoms with Crippen LogP contribution in [-0.4, -0.2) is 38.0 Å². The van der Waals surface area contributed by atoms with Crippen LogP contribution in [-0.2, 0) is 6.54 Å². The molecule has 0 aromatic carbocycles. The van der Waals surface area contributed by atoms with Crippen LogP contribution in [0.2, 0.25) is 0 Å². The lowest BCUT2D eigenvalue weighted by Crippen LogP contribution is -2.35. The molecule has 1 saturated heterocycles. The summed E-state index contributed by atoms with van der Waals surface area (Å²) in [7, 11) is 0. The van der Waals surface area contributed by atoms with Gasteiger partial charge in [-0.25, -0.2) is 0 Å². The summed E-state index contributed by atoms with van der Waals surface area (Å²) in [6, 6.07) is 2.57. The van der Waals surface area contributed by atoms with Crippen molar-refractivity contribution in [2.75, 3.05) is 13.1 Å². The Morgan fingerprint density at radius 2 is 2.29 bits per heavy atom. The molecule has 1 aliphatic rings. The number of hydrogen-bond acceptors (Lipinski definition) is 3. The summed E-state index contributed by atoms with van der Waals surface area (Å²) in [5.41, 5.74) is 3.91. The Hall–Kier alpha value is -1.62. The summed E-state index contributed by atoms with van der Waals surface area (Å²) >= 11 is 0. The van der Waals surface area contributed by atoms with Gasteiger partial charge in [0.25, 0.3) is 0 Å². The molecule has 114 valence electrons. The van der Waals surface area contributed by atoms with E-state index >= 15 is 0 Å². The fourth-order valence-corrected chi connectivity index (χ4v) is 3.37. The molecule has 1 N–H and O–H groups in total. The molecule has 2 aromatic heterocycles. The number of aromatic nitrogens is 4. The summed E-state index contributed by atoms with van der Waals surface area (Å²) in [6.07, 6.45) is 6.35. The SMILES string of the molecule is Cc1cn[nH]c1C1CCCN(Cc2ccnn2C(C)C)C1. The molecule has 3 rings (SSSR count). The smallest absolute Gasteiger partial charge is 0.0527 e. The summed E-state index contributed by atoms with van der Waals surface area (Å²) in [6.45, 7) is 9.78. The van der Waals surface area contributed by atoms with Gasteiger partial charge < -0.3 is 0 Å². The molecule has 1 unspecified atom stereocenters. The third kappa shape index (κ3) is 3.02. The largest absolute Gasteiger partial charge is 0.297 e. The first kappa shape index (κ1) is 14.3. The van der Waals surface area contributed by atoms with Gasteiger partial charge in [0.15, 0.2) is 0 Å². The van der Waals surface area contributed by atoms with Crippen molar-refractivity contribution in [2.24, 2.45) is 0 Å². The molecule has 1 fully saturated rings. The lowest BCUT2D eigenvalue weighted by Gasteiger charge is -2.32. The number of aromatic amines is 1. The number of H-pyrrole nitrogens is 1. The Bertz CT molecular complexity index is 583. The van der Waals surface area contributed by atoms with Crippen molar-refractivity contribution in [3.8, 4) is 0 Å². The van der Waals surface area contributed by atoms with E-state index in [-0.39, 0.29) is 0 Å². The first-order valence-corrected chi connectivity index (χ1v) is 7.89. The average Bonchev–Trinajstić information content (AvgIpc) is 3.08. The van der Waals surface area contributed by atoms with Gasteiger partial charge in [-0.15, -0.1) is 0 Å².